The van der Waals surface area contributed by atoms with Crippen molar-refractivity contribution in [1.82, 2.24) is 10.2 Å². The van der Waals surface area contributed by atoms with E-state index in [2.05, 4.69) is 10.2 Å². The Labute approximate surface area is 105 Å². The van der Waals surface area contributed by atoms with Crippen LogP contribution in [0, 0.1) is 5.82 Å². The lowest BCUT2D eigenvalue weighted by Crippen LogP contribution is -2.33. The summed E-state index contributed by atoms with van der Waals surface area (Å²) >= 11 is 0. The molecular weight excluding hydrogens is 235 g/mol. The number of nitrogens with zero attached hydrogens (tertiary/aromatic N) is 1. The quantitative estimate of drug-likeness (QED) is 0.850. The van der Waals surface area contributed by atoms with Gasteiger partial charge in [0, 0.05) is 13.1 Å². The molecule has 0 unspecified atom stereocenters. The second-order valence-corrected chi connectivity index (χ2v) is 4.47. The van der Waals surface area contributed by atoms with Crippen molar-refractivity contribution in [2.75, 3.05) is 26.2 Å². The van der Waals surface area contributed by atoms with Crippen LogP contribution < -0.4 is 5.32 Å². The van der Waals surface area contributed by atoms with E-state index < -0.39 is 11.7 Å². The van der Waals surface area contributed by atoms with E-state index in [9.17, 15) is 14.3 Å². The molecule has 1 amide bonds. The van der Waals surface area contributed by atoms with E-state index in [1.807, 2.05) is 0 Å². The molecule has 1 aliphatic rings. The summed E-state index contributed by atoms with van der Waals surface area (Å²) in [6.07, 6.45) is 2.41. The zero-order valence-corrected chi connectivity index (χ0v) is 10.2. The van der Waals surface area contributed by atoms with Crippen LogP contribution in [-0.4, -0.2) is 42.1 Å². The van der Waals surface area contributed by atoms with Crippen molar-refractivity contribution in [2.24, 2.45) is 0 Å². The predicted octanol–water partition coefficient (Wildman–Crippen LogP) is 1.36. The maximum absolute atomic E-state index is 13.0. The molecule has 0 radical (unpaired) electrons. The number of hydrogen-bond donors (Lipinski definition) is 2. The standard InChI is InChI=1S/C13H17FN2O2/c14-10-3-4-12(17)11(9-10)13(18)15-5-8-16-6-1-2-7-16/h3-4,9,17H,1-2,5-8H2,(H,15,18). The largest absolute Gasteiger partial charge is 0.507 e. The SMILES string of the molecule is O=C(NCCN1CCCC1)c1cc(F)ccc1O. The van der Waals surface area contributed by atoms with Crippen LogP contribution in [-0.2, 0) is 0 Å². The minimum absolute atomic E-state index is 0.0172. The van der Waals surface area contributed by atoms with Crippen molar-refractivity contribution >= 4 is 5.91 Å². The predicted molar refractivity (Wildman–Crippen MR) is 66.1 cm³/mol. The number of aromatic hydroxyl groups is 1. The average Bonchev–Trinajstić information content (AvgIpc) is 2.85. The molecule has 0 saturated carbocycles. The second kappa shape index (κ2) is 5.82. The summed E-state index contributed by atoms with van der Waals surface area (Å²) in [5.41, 5.74) is -0.0172. The maximum Gasteiger partial charge on any atom is 0.255 e. The van der Waals surface area contributed by atoms with Gasteiger partial charge in [-0.15, -0.1) is 0 Å². The van der Waals surface area contributed by atoms with Crippen LogP contribution in [0.3, 0.4) is 0 Å². The third-order valence-electron chi connectivity index (χ3n) is 3.12. The van der Waals surface area contributed by atoms with Crippen molar-refractivity contribution in [3.63, 3.8) is 0 Å². The van der Waals surface area contributed by atoms with Gasteiger partial charge in [0.15, 0.2) is 0 Å². The highest BCUT2D eigenvalue weighted by Gasteiger charge is 2.14. The third kappa shape index (κ3) is 3.20. The molecule has 0 spiro atoms. The Bertz CT molecular complexity index is 431. The summed E-state index contributed by atoms with van der Waals surface area (Å²) < 4.78 is 13.0. The fourth-order valence-corrected chi connectivity index (χ4v) is 2.12. The maximum atomic E-state index is 13.0. The number of amides is 1. The minimum atomic E-state index is -0.530. The molecule has 2 rings (SSSR count). The summed E-state index contributed by atoms with van der Waals surface area (Å²) in [6, 6.07) is 3.35. The van der Waals surface area contributed by atoms with Crippen LogP contribution in [0.4, 0.5) is 4.39 Å². The molecule has 2 N–H and O–H groups in total. The normalized spacial score (nSPS) is 15.8. The number of carbonyl (C=O) groups excluding carboxylic acids is 1. The number of nitrogens with one attached hydrogen (secondary N) is 1. The van der Waals surface area contributed by atoms with Crippen LogP contribution in [0.5, 0.6) is 5.75 Å². The topological polar surface area (TPSA) is 52.6 Å². The Kier molecular flexibility index (Phi) is 4.15. The zero-order valence-electron chi connectivity index (χ0n) is 10.2. The van der Waals surface area contributed by atoms with Crippen molar-refractivity contribution in [2.45, 2.75) is 12.8 Å². The highest BCUT2D eigenvalue weighted by Crippen LogP contribution is 2.17. The van der Waals surface area contributed by atoms with Gasteiger partial charge in [0.2, 0.25) is 0 Å². The monoisotopic (exact) mass is 252 g/mol. The molecular formula is C13H17FN2O2. The van der Waals surface area contributed by atoms with E-state index in [1.165, 1.54) is 18.9 Å². The number of halogens is 1. The van der Waals surface area contributed by atoms with E-state index in [0.29, 0.717) is 6.54 Å². The summed E-state index contributed by atoms with van der Waals surface area (Å²) in [4.78, 5) is 14.0. The Morgan fingerprint density at radius 2 is 2.11 bits per heavy atom. The molecule has 1 saturated heterocycles. The number of benzene rings is 1. The Balaban J connectivity index is 1.85. The number of rotatable bonds is 4. The zero-order chi connectivity index (χ0) is 13.0. The summed E-state index contributed by atoms with van der Waals surface area (Å²) in [5, 5.41) is 12.2. The van der Waals surface area contributed by atoms with Crippen LogP contribution >= 0.6 is 0 Å². The molecule has 1 aromatic carbocycles. The molecule has 5 heteroatoms. The van der Waals surface area contributed by atoms with E-state index in [1.54, 1.807) is 0 Å². The first-order valence-electron chi connectivity index (χ1n) is 6.16. The lowest BCUT2D eigenvalue weighted by molar-refractivity contribution is 0.0946. The molecule has 0 aromatic heterocycles. The molecule has 18 heavy (non-hydrogen) atoms. The smallest absolute Gasteiger partial charge is 0.255 e. The molecule has 0 bridgehead atoms. The van der Waals surface area contributed by atoms with Crippen molar-refractivity contribution in [3.05, 3.63) is 29.6 Å². The third-order valence-corrected chi connectivity index (χ3v) is 3.12. The highest BCUT2D eigenvalue weighted by atomic mass is 19.1. The molecule has 4 nitrogen and oxygen atoms in total. The van der Waals surface area contributed by atoms with Gasteiger partial charge in [0.05, 0.1) is 5.56 Å². The number of likely N-dealkylation sites (tertiary alicyclic amines) is 1. The fraction of sp³-hybridized carbons (Fsp3) is 0.462. The average molecular weight is 252 g/mol. The van der Waals surface area contributed by atoms with Gasteiger partial charge < -0.3 is 15.3 Å². The van der Waals surface area contributed by atoms with Gasteiger partial charge in [-0.25, -0.2) is 4.39 Å². The van der Waals surface area contributed by atoms with Crippen LogP contribution in [0.2, 0.25) is 0 Å². The van der Waals surface area contributed by atoms with Gasteiger partial charge in [-0.1, -0.05) is 0 Å². The summed E-state index contributed by atoms with van der Waals surface area (Å²) in [5.74, 6) is -1.17. The van der Waals surface area contributed by atoms with E-state index in [-0.39, 0.29) is 11.3 Å². The number of phenolic OH excluding ortho intramolecular Hbond substituents is 1. The van der Waals surface area contributed by atoms with Crippen molar-refractivity contribution < 1.29 is 14.3 Å². The Hall–Kier alpha value is -1.62. The molecule has 1 aliphatic heterocycles. The number of phenols is 1. The minimum Gasteiger partial charge on any atom is -0.507 e. The summed E-state index contributed by atoms with van der Waals surface area (Å²) in [7, 11) is 0. The lowest BCUT2D eigenvalue weighted by Gasteiger charge is -2.14. The van der Waals surface area contributed by atoms with Gasteiger partial charge in [-0.3, -0.25) is 4.79 Å². The van der Waals surface area contributed by atoms with Crippen LogP contribution in [0.15, 0.2) is 18.2 Å². The van der Waals surface area contributed by atoms with Gasteiger partial charge in [0.1, 0.15) is 11.6 Å². The summed E-state index contributed by atoms with van der Waals surface area (Å²) in [6.45, 7) is 3.44. The molecule has 1 heterocycles. The van der Waals surface area contributed by atoms with Gasteiger partial charge in [-0.2, -0.15) is 0 Å². The lowest BCUT2D eigenvalue weighted by atomic mass is 10.2. The molecule has 0 atom stereocenters. The van der Waals surface area contributed by atoms with Crippen molar-refractivity contribution in [1.29, 1.82) is 0 Å². The first-order chi connectivity index (χ1) is 8.66. The molecule has 1 fully saturated rings. The molecule has 0 aliphatic carbocycles. The van der Waals surface area contributed by atoms with E-state index >= 15 is 0 Å². The van der Waals surface area contributed by atoms with Gasteiger partial charge >= 0.3 is 0 Å². The fourth-order valence-electron chi connectivity index (χ4n) is 2.12. The van der Waals surface area contributed by atoms with Gasteiger partial charge in [-0.05, 0) is 44.1 Å². The van der Waals surface area contributed by atoms with Gasteiger partial charge in [0.25, 0.3) is 5.91 Å². The van der Waals surface area contributed by atoms with Crippen molar-refractivity contribution in [3.8, 4) is 5.75 Å². The van der Waals surface area contributed by atoms with E-state index in [0.717, 1.165) is 31.8 Å². The second-order valence-electron chi connectivity index (χ2n) is 4.47. The Morgan fingerprint density at radius 3 is 2.83 bits per heavy atom. The van der Waals surface area contributed by atoms with Crippen LogP contribution in [0.1, 0.15) is 23.2 Å². The number of carbonyl (C=O) groups is 1. The molecule has 1 aromatic rings. The first kappa shape index (κ1) is 12.8. The molecule has 98 valence electrons. The van der Waals surface area contributed by atoms with E-state index in [4.69, 9.17) is 0 Å². The first-order valence-corrected chi connectivity index (χ1v) is 6.16. The highest BCUT2D eigenvalue weighted by molar-refractivity contribution is 5.96. The Morgan fingerprint density at radius 1 is 1.39 bits per heavy atom. The van der Waals surface area contributed by atoms with Crippen LogP contribution in [0.25, 0.3) is 0 Å². The number of hydrogen-bond acceptors (Lipinski definition) is 3.